The highest BCUT2D eigenvalue weighted by Gasteiger charge is 2.11. The van der Waals surface area contributed by atoms with Crippen LogP contribution in [0.15, 0.2) is 18.2 Å². The van der Waals surface area contributed by atoms with Crippen LogP contribution in [-0.4, -0.2) is 20.9 Å². The molecule has 1 aromatic carbocycles. The van der Waals surface area contributed by atoms with Gasteiger partial charge in [0.25, 0.3) is 0 Å². The average molecular weight is 247 g/mol. The second-order valence-corrected chi connectivity index (χ2v) is 4.52. The summed E-state index contributed by atoms with van der Waals surface area (Å²) in [5.41, 5.74) is 8.96. The maximum absolute atomic E-state index is 10.5. The van der Waals surface area contributed by atoms with Gasteiger partial charge in [0.1, 0.15) is 0 Å². The number of nitrogens with two attached hydrogens (primary N) is 1. The van der Waals surface area contributed by atoms with Gasteiger partial charge >= 0.3 is 5.97 Å². The summed E-state index contributed by atoms with van der Waals surface area (Å²) in [5, 5.41) is 14.1. The summed E-state index contributed by atoms with van der Waals surface area (Å²) in [4.78, 5) is 10.5. The Morgan fingerprint density at radius 2 is 2.28 bits per heavy atom. The quantitative estimate of drug-likeness (QED) is 0.862. The van der Waals surface area contributed by atoms with Gasteiger partial charge in [-0.2, -0.15) is 5.10 Å². The largest absolute Gasteiger partial charge is 0.481 e. The Bertz CT molecular complexity index is 589. The third-order valence-corrected chi connectivity index (χ3v) is 3.16. The first-order chi connectivity index (χ1) is 8.49. The molecule has 0 radical (unpaired) electrons. The molecular weight excluding hydrogens is 230 g/mol. The SMILES string of the molecule is Cc1nn(C)c2cc(C(N)CCC(=O)O)ccc12. The van der Waals surface area contributed by atoms with Crippen LogP contribution in [0.3, 0.4) is 0 Å². The van der Waals surface area contributed by atoms with Crippen LogP contribution in [0.25, 0.3) is 10.9 Å². The molecular formula is C13H17N3O2. The Morgan fingerprint density at radius 1 is 1.56 bits per heavy atom. The molecule has 5 nitrogen and oxygen atoms in total. The minimum absolute atomic E-state index is 0.0869. The molecule has 18 heavy (non-hydrogen) atoms. The lowest BCUT2D eigenvalue weighted by Crippen LogP contribution is -2.12. The zero-order chi connectivity index (χ0) is 13.3. The molecule has 1 aromatic heterocycles. The zero-order valence-electron chi connectivity index (χ0n) is 10.6. The molecule has 2 rings (SSSR count). The minimum Gasteiger partial charge on any atom is -0.481 e. The lowest BCUT2D eigenvalue weighted by molar-refractivity contribution is -0.137. The van der Waals surface area contributed by atoms with E-state index in [1.54, 1.807) is 0 Å². The Balaban J connectivity index is 2.29. The van der Waals surface area contributed by atoms with E-state index in [0.29, 0.717) is 6.42 Å². The number of carbonyl (C=O) groups is 1. The van der Waals surface area contributed by atoms with Crippen LogP contribution in [0.5, 0.6) is 0 Å². The summed E-state index contributed by atoms with van der Waals surface area (Å²) in [5.74, 6) is -0.817. The van der Waals surface area contributed by atoms with E-state index in [1.807, 2.05) is 36.9 Å². The Labute approximate surface area is 105 Å². The van der Waals surface area contributed by atoms with Gasteiger partial charge in [0, 0.05) is 24.9 Å². The van der Waals surface area contributed by atoms with Crippen molar-refractivity contribution in [1.82, 2.24) is 9.78 Å². The summed E-state index contributed by atoms with van der Waals surface area (Å²) in [6.45, 7) is 1.96. The van der Waals surface area contributed by atoms with Crippen molar-refractivity contribution in [1.29, 1.82) is 0 Å². The second-order valence-electron chi connectivity index (χ2n) is 4.52. The number of hydrogen-bond acceptors (Lipinski definition) is 3. The molecule has 1 heterocycles. The van der Waals surface area contributed by atoms with E-state index in [-0.39, 0.29) is 12.5 Å². The number of hydrogen-bond donors (Lipinski definition) is 2. The highest BCUT2D eigenvalue weighted by molar-refractivity contribution is 5.82. The molecule has 0 aliphatic heterocycles. The fraction of sp³-hybridized carbons (Fsp3) is 0.385. The highest BCUT2D eigenvalue weighted by Crippen LogP contribution is 2.23. The number of carboxylic acids is 1. The lowest BCUT2D eigenvalue weighted by Gasteiger charge is -2.11. The molecule has 0 amide bonds. The van der Waals surface area contributed by atoms with Crippen LogP contribution in [0.1, 0.15) is 30.1 Å². The molecule has 0 fully saturated rings. The summed E-state index contributed by atoms with van der Waals surface area (Å²) in [6, 6.07) is 5.68. The van der Waals surface area contributed by atoms with E-state index in [9.17, 15) is 4.79 Å². The van der Waals surface area contributed by atoms with Gasteiger partial charge in [-0.1, -0.05) is 12.1 Å². The predicted octanol–water partition coefficient (Wildman–Crippen LogP) is 1.75. The van der Waals surface area contributed by atoms with Crippen LogP contribution in [-0.2, 0) is 11.8 Å². The molecule has 0 bridgehead atoms. The van der Waals surface area contributed by atoms with Gasteiger partial charge in [-0.05, 0) is 25.0 Å². The van der Waals surface area contributed by atoms with Crippen molar-refractivity contribution in [2.45, 2.75) is 25.8 Å². The molecule has 5 heteroatoms. The molecule has 0 saturated heterocycles. The first-order valence-electron chi connectivity index (χ1n) is 5.89. The molecule has 0 spiro atoms. The monoisotopic (exact) mass is 247 g/mol. The Morgan fingerprint density at radius 3 is 2.94 bits per heavy atom. The topological polar surface area (TPSA) is 81.1 Å². The maximum Gasteiger partial charge on any atom is 0.303 e. The third kappa shape index (κ3) is 2.36. The van der Waals surface area contributed by atoms with E-state index in [2.05, 4.69) is 5.10 Å². The van der Waals surface area contributed by atoms with E-state index in [4.69, 9.17) is 10.8 Å². The van der Waals surface area contributed by atoms with E-state index in [1.165, 1.54) is 0 Å². The number of fused-ring (bicyclic) bond motifs is 1. The van der Waals surface area contributed by atoms with Crippen molar-refractivity contribution in [2.75, 3.05) is 0 Å². The van der Waals surface area contributed by atoms with Gasteiger partial charge < -0.3 is 10.8 Å². The summed E-state index contributed by atoms with van der Waals surface area (Å²) in [7, 11) is 1.89. The van der Waals surface area contributed by atoms with Crippen LogP contribution in [0.2, 0.25) is 0 Å². The minimum atomic E-state index is -0.817. The molecule has 96 valence electrons. The van der Waals surface area contributed by atoms with Crippen LogP contribution in [0, 0.1) is 6.92 Å². The number of rotatable bonds is 4. The second kappa shape index (κ2) is 4.78. The smallest absolute Gasteiger partial charge is 0.303 e. The number of carboxylic acid groups (broad SMARTS) is 1. The maximum atomic E-state index is 10.5. The fourth-order valence-electron chi connectivity index (χ4n) is 2.13. The standard InChI is InChI=1S/C13H17N3O2/c1-8-10-4-3-9(7-12(10)16(2)15-8)11(14)5-6-13(17)18/h3-4,7,11H,5-6,14H2,1-2H3,(H,17,18). The van der Waals surface area contributed by atoms with Crippen LogP contribution < -0.4 is 5.73 Å². The Kier molecular flexibility index (Phi) is 3.34. The number of benzene rings is 1. The average Bonchev–Trinajstić information content (AvgIpc) is 2.61. The number of aromatic nitrogens is 2. The Hall–Kier alpha value is -1.88. The van der Waals surface area contributed by atoms with Crippen molar-refractivity contribution in [3.8, 4) is 0 Å². The number of aryl methyl sites for hydroxylation is 2. The van der Waals surface area contributed by atoms with Crippen LogP contribution in [0.4, 0.5) is 0 Å². The number of nitrogens with zero attached hydrogens (tertiary/aromatic N) is 2. The normalized spacial score (nSPS) is 12.8. The van der Waals surface area contributed by atoms with E-state index < -0.39 is 5.97 Å². The van der Waals surface area contributed by atoms with Gasteiger partial charge in [-0.15, -0.1) is 0 Å². The van der Waals surface area contributed by atoms with Crippen molar-refractivity contribution >= 4 is 16.9 Å². The molecule has 3 N–H and O–H groups in total. The summed E-state index contributed by atoms with van der Waals surface area (Å²) >= 11 is 0. The van der Waals surface area contributed by atoms with Crippen LogP contribution >= 0.6 is 0 Å². The predicted molar refractivity (Wildman–Crippen MR) is 69.2 cm³/mol. The first-order valence-corrected chi connectivity index (χ1v) is 5.89. The van der Waals surface area contributed by atoms with Crippen molar-refractivity contribution < 1.29 is 9.90 Å². The molecule has 0 aliphatic carbocycles. The summed E-state index contributed by atoms with van der Waals surface area (Å²) in [6.07, 6.45) is 0.529. The van der Waals surface area contributed by atoms with Gasteiger partial charge in [-0.25, -0.2) is 0 Å². The molecule has 2 aromatic rings. The molecule has 1 unspecified atom stereocenters. The lowest BCUT2D eigenvalue weighted by atomic mass is 10.0. The molecule has 0 aliphatic rings. The summed E-state index contributed by atoms with van der Waals surface area (Å²) < 4.78 is 1.82. The van der Waals surface area contributed by atoms with Crippen molar-refractivity contribution in [3.05, 3.63) is 29.5 Å². The first kappa shape index (κ1) is 12.6. The van der Waals surface area contributed by atoms with Gasteiger partial charge in [0.05, 0.1) is 11.2 Å². The van der Waals surface area contributed by atoms with Gasteiger partial charge in [0.2, 0.25) is 0 Å². The zero-order valence-corrected chi connectivity index (χ0v) is 10.6. The van der Waals surface area contributed by atoms with Gasteiger partial charge in [-0.3, -0.25) is 9.48 Å². The highest BCUT2D eigenvalue weighted by atomic mass is 16.4. The third-order valence-electron chi connectivity index (χ3n) is 3.16. The fourth-order valence-corrected chi connectivity index (χ4v) is 2.13. The van der Waals surface area contributed by atoms with E-state index in [0.717, 1.165) is 22.2 Å². The number of aliphatic carboxylic acids is 1. The van der Waals surface area contributed by atoms with Crippen molar-refractivity contribution in [2.24, 2.45) is 12.8 Å². The van der Waals surface area contributed by atoms with Crippen molar-refractivity contribution in [3.63, 3.8) is 0 Å². The molecule has 0 saturated carbocycles. The molecule has 1 atom stereocenters. The van der Waals surface area contributed by atoms with Gasteiger partial charge in [0.15, 0.2) is 0 Å². The van der Waals surface area contributed by atoms with E-state index >= 15 is 0 Å².